The third-order valence-electron chi connectivity index (χ3n) is 5.58. The number of aromatic amines is 1. The van der Waals surface area contributed by atoms with Crippen molar-refractivity contribution < 1.29 is 27.5 Å². The molecule has 1 amide bonds. The number of nitrogens with one attached hydrogen (secondary N) is 2. The number of alkyl halides is 3. The molecule has 5 rings (SSSR count). The van der Waals surface area contributed by atoms with Crippen LogP contribution in [0.25, 0.3) is 10.9 Å². The van der Waals surface area contributed by atoms with Crippen LogP contribution in [0.2, 0.25) is 0 Å². The summed E-state index contributed by atoms with van der Waals surface area (Å²) >= 11 is 0. The smallest absolute Gasteiger partial charge is 0.410 e. The van der Waals surface area contributed by atoms with Gasteiger partial charge in [0.2, 0.25) is 5.88 Å². The average molecular weight is 472 g/mol. The van der Waals surface area contributed by atoms with Crippen LogP contribution in [0.5, 0.6) is 5.88 Å². The standard InChI is InChI=1S/C22H16F4N6O2/c23-12-7-5-11(6-8-12)15-9-17(22(24,25)26)32-18(27-15)10-16(31-32)20(33)30-29-19-13-3-1-2-4-14(13)28-21(19)34/h1-8,10,15,17,27-28,34H,9H2/t15-,17+/m0/s1. The molecule has 2 aromatic carbocycles. The minimum Gasteiger partial charge on any atom is -0.493 e. The molecule has 3 heterocycles. The molecule has 0 bridgehead atoms. The van der Waals surface area contributed by atoms with Crippen molar-refractivity contribution in [1.82, 2.24) is 14.8 Å². The number of benzene rings is 2. The van der Waals surface area contributed by atoms with Gasteiger partial charge in [-0.05, 0) is 23.8 Å². The molecule has 0 radical (unpaired) electrons. The molecule has 0 spiro atoms. The minimum absolute atomic E-state index is 0.0237. The number of halogens is 4. The highest BCUT2D eigenvalue weighted by molar-refractivity contribution is 5.96. The predicted octanol–water partition coefficient (Wildman–Crippen LogP) is 5.79. The summed E-state index contributed by atoms with van der Waals surface area (Å²) in [4.78, 5) is 15.3. The number of aromatic hydroxyl groups is 1. The fourth-order valence-electron chi connectivity index (χ4n) is 3.95. The van der Waals surface area contributed by atoms with E-state index < -0.39 is 36.4 Å². The first-order valence-electron chi connectivity index (χ1n) is 10.1. The van der Waals surface area contributed by atoms with Crippen molar-refractivity contribution in [3.8, 4) is 5.88 Å². The van der Waals surface area contributed by atoms with E-state index in [2.05, 4.69) is 25.6 Å². The van der Waals surface area contributed by atoms with Gasteiger partial charge in [-0.25, -0.2) is 9.07 Å². The summed E-state index contributed by atoms with van der Waals surface area (Å²) in [5.41, 5.74) is 0.712. The molecule has 174 valence electrons. The van der Waals surface area contributed by atoms with E-state index in [9.17, 15) is 27.5 Å². The van der Waals surface area contributed by atoms with Crippen LogP contribution in [0, 0.1) is 5.82 Å². The summed E-state index contributed by atoms with van der Waals surface area (Å²) in [6, 6.07) is 10.3. The molecule has 1 aliphatic heterocycles. The summed E-state index contributed by atoms with van der Waals surface area (Å²) in [5.74, 6) is -1.82. The number of fused-ring (bicyclic) bond motifs is 2. The highest BCUT2D eigenvalue weighted by Gasteiger charge is 2.46. The van der Waals surface area contributed by atoms with E-state index in [0.717, 1.165) is 6.07 Å². The summed E-state index contributed by atoms with van der Waals surface area (Å²) in [6.45, 7) is 0. The van der Waals surface area contributed by atoms with E-state index in [1.807, 2.05) is 0 Å². The number of amides is 1. The number of hydrogen-bond acceptors (Lipinski definition) is 5. The molecule has 34 heavy (non-hydrogen) atoms. The molecule has 0 aliphatic carbocycles. The zero-order valence-electron chi connectivity index (χ0n) is 17.2. The van der Waals surface area contributed by atoms with Gasteiger partial charge < -0.3 is 15.4 Å². The average Bonchev–Trinajstić information content (AvgIpc) is 3.37. The fourth-order valence-corrected chi connectivity index (χ4v) is 3.95. The quantitative estimate of drug-likeness (QED) is 0.259. The van der Waals surface area contributed by atoms with Crippen LogP contribution >= 0.6 is 0 Å². The van der Waals surface area contributed by atoms with Crippen LogP contribution < -0.4 is 5.32 Å². The second kappa shape index (κ2) is 7.97. The zero-order valence-corrected chi connectivity index (χ0v) is 17.2. The molecule has 0 saturated carbocycles. The van der Waals surface area contributed by atoms with Crippen molar-refractivity contribution in [3.05, 3.63) is 71.7 Å². The molecular formula is C22H16F4N6O2. The van der Waals surface area contributed by atoms with Gasteiger partial charge in [0.1, 0.15) is 11.6 Å². The van der Waals surface area contributed by atoms with E-state index in [4.69, 9.17) is 0 Å². The summed E-state index contributed by atoms with van der Waals surface area (Å²) in [7, 11) is 0. The van der Waals surface area contributed by atoms with Gasteiger partial charge in [-0.3, -0.25) is 4.79 Å². The Balaban J connectivity index is 1.46. The van der Waals surface area contributed by atoms with Crippen molar-refractivity contribution in [2.24, 2.45) is 10.2 Å². The minimum atomic E-state index is -4.64. The van der Waals surface area contributed by atoms with Gasteiger partial charge in [-0.1, -0.05) is 30.3 Å². The Bertz CT molecular complexity index is 1410. The van der Waals surface area contributed by atoms with Crippen LogP contribution in [-0.4, -0.2) is 32.0 Å². The normalized spacial score (nSPS) is 18.2. The zero-order chi connectivity index (χ0) is 24.0. The molecule has 0 unspecified atom stereocenters. The van der Waals surface area contributed by atoms with E-state index in [-0.39, 0.29) is 23.1 Å². The van der Waals surface area contributed by atoms with Crippen LogP contribution in [-0.2, 0) is 0 Å². The van der Waals surface area contributed by atoms with E-state index in [0.29, 0.717) is 21.1 Å². The van der Waals surface area contributed by atoms with Crippen molar-refractivity contribution in [3.63, 3.8) is 0 Å². The fraction of sp³-hybridized carbons (Fsp3) is 0.182. The second-order valence-corrected chi connectivity index (χ2v) is 7.77. The highest BCUT2D eigenvalue weighted by atomic mass is 19.4. The van der Waals surface area contributed by atoms with Crippen LogP contribution in [0.4, 0.5) is 29.1 Å². The predicted molar refractivity (Wildman–Crippen MR) is 114 cm³/mol. The molecule has 2 atom stereocenters. The number of carbonyl (C=O) groups is 1. The van der Waals surface area contributed by atoms with Gasteiger partial charge in [0.25, 0.3) is 0 Å². The third kappa shape index (κ3) is 3.87. The molecule has 0 fully saturated rings. The van der Waals surface area contributed by atoms with Crippen molar-refractivity contribution in [2.45, 2.75) is 24.7 Å². The first kappa shape index (κ1) is 21.6. The highest BCUT2D eigenvalue weighted by Crippen LogP contribution is 2.43. The largest absolute Gasteiger partial charge is 0.493 e. The van der Waals surface area contributed by atoms with Crippen LogP contribution in [0.3, 0.4) is 0 Å². The Labute approximate surface area is 188 Å². The number of aromatic nitrogens is 3. The third-order valence-corrected chi connectivity index (χ3v) is 5.58. The number of rotatable bonds is 3. The van der Waals surface area contributed by atoms with Crippen LogP contribution in [0.1, 0.15) is 34.6 Å². The van der Waals surface area contributed by atoms with Crippen molar-refractivity contribution in [2.75, 3.05) is 5.32 Å². The topological polar surface area (TPSA) is 108 Å². The van der Waals surface area contributed by atoms with Gasteiger partial charge in [0, 0.05) is 17.9 Å². The van der Waals surface area contributed by atoms with Gasteiger partial charge in [0.05, 0.1) is 11.6 Å². The Hall–Kier alpha value is -4.22. The molecule has 1 aliphatic rings. The number of H-pyrrole nitrogens is 1. The van der Waals surface area contributed by atoms with Gasteiger partial charge in [0.15, 0.2) is 17.4 Å². The van der Waals surface area contributed by atoms with Crippen molar-refractivity contribution in [1.29, 1.82) is 0 Å². The lowest BCUT2D eigenvalue weighted by atomic mass is 9.97. The Morgan fingerprint density at radius 2 is 1.88 bits per heavy atom. The van der Waals surface area contributed by atoms with E-state index in [1.165, 1.54) is 24.3 Å². The Morgan fingerprint density at radius 3 is 2.62 bits per heavy atom. The number of para-hydroxylation sites is 1. The van der Waals surface area contributed by atoms with E-state index >= 15 is 0 Å². The maximum absolute atomic E-state index is 13.8. The van der Waals surface area contributed by atoms with E-state index in [1.54, 1.807) is 24.3 Å². The maximum Gasteiger partial charge on any atom is 0.410 e. The molecule has 8 nitrogen and oxygen atoms in total. The van der Waals surface area contributed by atoms with Gasteiger partial charge >= 0.3 is 12.1 Å². The lowest BCUT2D eigenvalue weighted by Gasteiger charge is -2.33. The Kier molecular flexibility index (Phi) is 5.07. The number of hydrogen-bond donors (Lipinski definition) is 3. The molecular weight excluding hydrogens is 456 g/mol. The lowest BCUT2D eigenvalue weighted by Crippen LogP contribution is -2.35. The molecule has 0 saturated heterocycles. The second-order valence-electron chi connectivity index (χ2n) is 7.77. The molecule has 3 N–H and O–H groups in total. The van der Waals surface area contributed by atoms with Gasteiger partial charge in [-0.2, -0.15) is 18.3 Å². The Morgan fingerprint density at radius 1 is 1.15 bits per heavy atom. The maximum atomic E-state index is 13.8. The number of carbonyl (C=O) groups excluding carboxylic acids is 1. The summed E-state index contributed by atoms with van der Waals surface area (Å²) in [6.07, 6.45) is -5.04. The molecule has 12 heteroatoms. The first-order valence-corrected chi connectivity index (χ1v) is 10.1. The van der Waals surface area contributed by atoms with Gasteiger partial charge in [-0.15, -0.1) is 10.2 Å². The molecule has 2 aromatic heterocycles. The number of anilines is 1. The SMILES string of the molecule is O=C(N=Nc1c(O)[nH]c2ccccc12)c1cc2n(n1)[C@@H](C(F)(F)F)C[C@@H](c1ccc(F)cc1)N2. The molecule has 4 aromatic rings. The summed E-state index contributed by atoms with van der Waals surface area (Å²) in [5, 5.41) is 24.6. The van der Waals surface area contributed by atoms with Crippen LogP contribution in [0.15, 0.2) is 64.8 Å². The monoisotopic (exact) mass is 472 g/mol. The number of nitrogens with zero attached hydrogens (tertiary/aromatic N) is 4. The van der Waals surface area contributed by atoms with Crippen molar-refractivity contribution >= 4 is 28.3 Å². The summed E-state index contributed by atoms with van der Waals surface area (Å²) < 4.78 is 55.4. The lowest BCUT2D eigenvalue weighted by molar-refractivity contribution is -0.173. The first-order chi connectivity index (χ1) is 16.2. The number of azo groups is 1.